The molecule has 0 bridgehead atoms. The summed E-state index contributed by atoms with van der Waals surface area (Å²) in [5.41, 5.74) is -1.18. The molecule has 4 aromatic rings. The van der Waals surface area contributed by atoms with Gasteiger partial charge in [0.15, 0.2) is 17.3 Å². The highest BCUT2D eigenvalue weighted by Gasteiger charge is 2.21. The SMILES string of the molecule is O=C(Oc1ccc(-c2oc3cc(O)cc(O)c3c(=O)c2O)cc1O)c1ccccc1O. The van der Waals surface area contributed by atoms with E-state index in [1.807, 2.05) is 0 Å². The molecule has 0 aliphatic carbocycles. The Hall–Kier alpha value is -4.66. The van der Waals surface area contributed by atoms with Crippen molar-refractivity contribution in [2.24, 2.45) is 0 Å². The molecule has 3 aromatic carbocycles. The van der Waals surface area contributed by atoms with E-state index in [2.05, 4.69) is 0 Å². The van der Waals surface area contributed by atoms with E-state index in [9.17, 15) is 35.1 Å². The zero-order chi connectivity index (χ0) is 22.3. The van der Waals surface area contributed by atoms with E-state index in [1.165, 1.54) is 36.4 Å². The largest absolute Gasteiger partial charge is 0.508 e. The van der Waals surface area contributed by atoms with E-state index in [4.69, 9.17) is 9.15 Å². The van der Waals surface area contributed by atoms with E-state index in [-0.39, 0.29) is 45.1 Å². The van der Waals surface area contributed by atoms with Gasteiger partial charge in [-0.1, -0.05) is 12.1 Å². The summed E-state index contributed by atoms with van der Waals surface area (Å²) in [6.45, 7) is 0. The number of carbonyl (C=O) groups is 1. The maximum Gasteiger partial charge on any atom is 0.347 e. The Kier molecular flexibility index (Phi) is 4.63. The normalized spacial score (nSPS) is 10.8. The van der Waals surface area contributed by atoms with Crippen LogP contribution in [0.5, 0.6) is 34.5 Å². The smallest absolute Gasteiger partial charge is 0.347 e. The third-order valence-electron chi connectivity index (χ3n) is 4.48. The van der Waals surface area contributed by atoms with E-state index >= 15 is 0 Å². The molecule has 0 aliphatic heterocycles. The van der Waals surface area contributed by atoms with Gasteiger partial charge >= 0.3 is 5.97 Å². The number of carbonyl (C=O) groups excluding carboxylic acids is 1. The van der Waals surface area contributed by atoms with E-state index < -0.39 is 28.6 Å². The fourth-order valence-corrected chi connectivity index (χ4v) is 3.02. The van der Waals surface area contributed by atoms with Gasteiger partial charge in [-0.3, -0.25) is 4.79 Å². The van der Waals surface area contributed by atoms with Gasteiger partial charge in [0.25, 0.3) is 0 Å². The van der Waals surface area contributed by atoms with Gasteiger partial charge in [0, 0.05) is 17.7 Å². The van der Waals surface area contributed by atoms with Crippen LogP contribution in [0.1, 0.15) is 10.4 Å². The Morgan fingerprint density at radius 3 is 2.29 bits per heavy atom. The molecule has 0 unspecified atom stereocenters. The highest BCUT2D eigenvalue weighted by molar-refractivity contribution is 5.94. The second-order valence-electron chi connectivity index (χ2n) is 6.54. The minimum atomic E-state index is -0.941. The average Bonchev–Trinajstić information content (AvgIpc) is 2.72. The van der Waals surface area contributed by atoms with Crippen LogP contribution in [0.4, 0.5) is 0 Å². The van der Waals surface area contributed by atoms with Crippen LogP contribution in [-0.4, -0.2) is 31.5 Å². The van der Waals surface area contributed by atoms with Crippen LogP contribution >= 0.6 is 0 Å². The van der Waals surface area contributed by atoms with Gasteiger partial charge in [-0.25, -0.2) is 4.79 Å². The van der Waals surface area contributed by atoms with Crippen molar-refractivity contribution < 1.29 is 39.5 Å². The van der Waals surface area contributed by atoms with Gasteiger partial charge in [0.2, 0.25) is 11.2 Å². The highest BCUT2D eigenvalue weighted by Crippen LogP contribution is 2.38. The molecule has 0 spiro atoms. The number of esters is 1. The van der Waals surface area contributed by atoms with Crippen molar-refractivity contribution in [1.29, 1.82) is 0 Å². The van der Waals surface area contributed by atoms with Crippen molar-refractivity contribution in [2.45, 2.75) is 0 Å². The lowest BCUT2D eigenvalue weighted by Crippen LogP contribution is -2.08. The van der Waals surface area contributed by atoms with Gasteiger partial charge in [-0.05, 0) is 30.3 Å². The molecule has 1 aromatic heterocycles. The Labute approximate surface area is 173 Å². The fourth-order valence-electron chi connectivity index (χ4n) is 3.02. The molecule has 0 saturated heterocycles. The summed E-state index contributed by atoms with van der Waals surface area (Å²) in [5.74, 6) is -4.05. The number of hydrogen-bond acceptors (Lipinski definition) is 9. The molecule has 31 heavy (non-hydrogen) atoms. The Morgan fingerprint density at radius 2 is 1.58 bits per heavy atom. The topological polar surface area (TPSA) is 158 Å². The standard InChI is InChI=1S/C22H14O9/c23-11-8-15(26)18-17(9-11)30-21(20(28)19(18)27)10-5-6-16(14(25)7-10)31-22(29)12-3-1-2-4-13(12)24/h1-9,23-26,28H. The number of aromatic hydroxyl groups is 5. The number of fused-ring (bicyclic) bond motifs is 1. The number of phenols is 4. The predicted octanol–water partition coefficient (Wildman–Crippen LogP) is 3.21. The number of benzene rings is 3. The van der Waals surface area contributed by atoms with Crippen LogP contribution in [-0.2, 0) is 0 Å². The van der Waals surface area contributed by atoms with E-state index in [0.29, 0.717) is 0 Å². The van der Waals surface area contributed by atoms with E-state index in [1.54, 1.807) is 0 Å². The minimum Gasteiger partial charge on any atom is -0.508 e. The van der Waals surface area contributed by atoms with Crippen molar-refractivity contribution in [3.8, 4) is 45.8 Å². The zero-order valence-corrected chi connectivity index (χ0v) is 15.6. The Bertz CT molecular complexity index is 1400. The molecule has 0 radical (unpaired) electrons. The van der Waals surface area contributed by atoms with Gasteiger partial charge in [0.05, 0.1) is 0 Å². The number of phenolic OH excluding ortho intramolecular Hbond substituents is 4. The van der Waals surface area contributed by atoms with Crippen molar-refractivity contribution in [3.63, 3.8) is 0 Å². The molecule has 1 heterocycles. The Balaban J connectivity index is 1.74. The lowest BCUT2D eigenvalue weighted by Gasteiger charge is -2.10. The molecule has 9 nitrogen and oxygen atoms in total. The van der Waals surface area contributed by atoms with Crippen molar-refractivity contribution in [1.82, 2.24) is 0 Å². The highest BCUT2D eigenvalue weighted by atomic mass is 16.5. The van der Waals surface area contributed by atoms with Gasteiger partial charge in [-0.15, -0.1) is 0 Å². The van der Waals surface area contributed by atoms with Crippen molar-refractivity contribution >= 4 is 16.9 Å². The third kappa shape index (κ3) is 3.44. The predicted molar refractivity (Wildman–Crippen MR) is 108 cm³/mol. The second kappa shape index (κ2) is 7.30. The van der Waals surface area contributed by atoms with Crippen LogP contribution in [0.3, 0.4) is 0 Å². The molecule has 0 saturated carbocycles. The number of rotatable bonds is 3. The first-order valence-electron chi connectivity index (χ1n) is 8.81. The lowest BCUT2D eigenvalue weighted by atomic mass is 10.1. The summed E-state index contributed by atoms with van der Waals surface area (Å²) in [6, 6.07) is 11.3. The average molecular weight is 422 g/mol. The maximum atomic E-state index is 12.4. The summed E-state index contributed by atoms with van der Waals surface area (Å²) >= 11 is 0. The summed E-state index contributed by atoms with van der Waals surface area (Å²) in [4.78, 5) is 24.6. The maximum absolute atomic E-state index is 12.4. The number of para-hydroxylation sites is 1. The molecule has 0 amide bonds. The van der Waals surface area contributed by atoms with Crippen LogP contribution in [0, 0.1) is 0 Å². The molecule has 0 fully saturated rings. The number of hydrogen-bond donors (Lipinski definition) is 5. The summed E-state index contributed by atoms with van der Waals surface area (Å²) in [5, 5.41) is 49.4. The molecule has 4 rings (SSSR count). The Morgan fingerprint density at radius 1 is 0.839 bits per heavy atom. The first-order valence-corrected chi connectivity index (χ1v) is 8.81. The van der Waals surface area contributed by atoms with Crippen LogP contribution < -0.4 is 10.2 Å². The zero-order valence-electron chi connectivity index (χ0n) is 15.6. The summed E-state index contributed by atoms with van der Waals surface area (Å²) in [6.07, 6.45) is 0. The van der Waals surface area contributed by atoms with Gasteiger partial charge in [-0.2, -0.15) is 0 Å². The van der Waals surface area contributed by atoms with Gasteiger partial charge in [0.1, 0.15) is 33.8 Å². The van der Waals surface area contributed by atoms with Crippen LogP contribution in [0.2, 0.25) is 0 Å². The van der Waals surface area contributed by atoms with Crippen molar-refractivity contribution in [3.05, 3.63) is 70.4 Å². The van der Waals surface area contributed by atoms with Crippen LogP contribution in [0.15, 0.2) is 63.8 Å². The monoisotopic (exact) mass is 422 g/mol. The summed E-state index contributed by atoms with van der Waals surface area (Å²) < 4.78 is 10.5. The molecule has 0 atom stereocenters. The minimum absolute atomic E-state index is 0.0548. The van der Waals surface area contributed by atoms with Crippen LogP contribution in [0.25, 0.3) is 22.3 Å². The molecule has 156 valence electrons. The summed E-state index contributed by atoms with van der Waals surface area (Å²) in [7, 11) is 0. The third-order valence-corrected chi connectivity index (χ3v) is 4.48. The first-order chi connectivity index (χ1) is 14.8. The molecular weight excluding hydrogens is 408 g/mol. The second-order valence-corrected chi connectivity index (χ2v) is 6.54. The molecular formula is C22H14O9. The van der Waals surface area contributed by atoms with Gasteiger partial charge < -0.3 is 34.7 Å². The molecule has 5 N–H and O–H groups in total. The fraction of sp³-hybridized carbons (Fsp3) is 0. The first kappa shape index (κ1) is 19.6. The molecule has 0 aliphatic rings. The number of ether oxygens (including phenoxy) is 1. The molecule has 9 heteroatoms. The van der Waals surface area contributed by atoms with E-state index in [0.717, 1.165) is 18.2 Å². The quantitative estimate of drug-likeness (QED) is 0.247. The van der Waals surface area contributed by atoms with Crippen molar-refractivity contribution in [2.75, 3.05) is 0 Å². The lowest BCUT2D eigenvalue weighted by molar-refractivity contribution is 0.0726.